The molecule has 0 bridgehead atoms. The van der Waals surface area contributed by atoms with Crippen LogP contribution in [0.2, 0.25) is 5.02 Å². The van der Waals surface area contributed by atoms with Gasteiger partial charge in [0, 0.05) is 31.7 Å². The summed E-state index contributed by atoms with van der Waals surface area (Å²) >= 11 is 5.77. The predicted molar refractivity (Wildman–Crippen MR) is 93.6 cm³/mol. The van der Waals surface area contributed by atoms with Crippen molar-refractivity contribution in [1.82, 2.24) is 14.3 Å². The Hall–Kier alpha value is -2.03. The molecule has 2 aromatic rings. The van der Waals surface area contributed by atoms with Crippen molar-refractivity contribution in [1.29, 1.82) is 0 Å². The van der Waals surface area contributed by atoms with Crippen LogP contribution in [0.3, 0.4) is 0 Å². The summed E-state index contributed by atoms with van der Waals surface area (Å²) in [4.78, 5) is 20.5. The molecule has 0 aromatic carbocycles. The largest absolute Gasteiger partial charge is 0.310 e. The second kappa shape index (κ2) is 7.47. The van der Waals surface area contributed by atoms with Crippen molar-refractivity contribution >= 4 is 33.3 Å². The molecule has 1 saturated heterocycles. The number of amides is 1. The lowest BCUT2D eigenvalue weighted by Crippen LogP contribution is -2.43. The zero-order valence-corrected chi connectivity index (χ0v) is 14.9. The Morgan fingerprint density at radius 3 is 2.80 bits per heavy atom. The first kappa shape index (κ1) is 17.8. The zero-order valence-electron chi connectivity index (χ0n) is 13.3. The van der Waals surface area contributed by atoms with Gasteiger partial charge in [0.2, 0.25) is 15.9 Å². The average Bonchev–Trinajstić information content (AvgIpc) is 2.64. The standard InChI is InChI=1S/C16H17ClN4O3S/c17-13-5-6-15(19-9-13)20-16(22)12-3-2-8-21(11-12)25(23,24)14-4-1-7-18-10-14/h1,4-7,9-10,12H,2-3,8,11H2,(H,19,20,22). The summed E-state index contributed by atoms with van der Waals surface area (Å²) in [5.74, 6) is -0.291. The highest BCUT2D eigenvalue weighted by Gasteiger charge is 2.33. The summed E-state index contributed by atoms with van der Waals surface area (Å²) in [5, 5.41) is 3.18. The molecule has 1 fully saturated rings. The van der Waals surface area contributed by atoms with Crippen LogP contribution < -0.4 is 5.32 Å². The van der Waals surface area contributed by atoms with Crippen LogP contribution in [0.25, 0.3) is 0 Å². The number of hydrogen-bond acceptors (Lipinski definition) is 5. The fourth-order valence-electron chi connectivity index (χ4n) is 2.70. The van der Waals surface area contributed by atoms with E-state index in [0.717, 1.165) is 0 Å². The molecule has 132 valence electrons. The fraction of sp³-hybridized carbons (Fsp3) is 0.312. The predicted octanol–water partition coefficient (Wildman–Crippen LogP) is 2.17. The molecule has 2 aromatic heterocycles. The number of anilines is 1. The van der Waals surface area contributed by atoms with E-state index in [1.54, 1.807) is 18.2 Å². The van der Waals surface area contributed by atoms with Crippen molar-refractivity contribution in [3.8, 4) is 0 Å². The van der Waals surface area contributed by atoms with E-state index < -0.39 is 15.9 Å². The van der Waals surface area contributed by atoms with E-state index in [4.69, 9.17) is 11.6 Å². The van der Waals surface area contributed by atoms with Gasteiger partial charge in [-0.25, -0.2) is 13.4 Å². The minimum absolute atomic E-state index is 0.135. The highest BCUT2D eigenvalue weighted by molar-refractivity contribution is 7.89. The van der Waals surface area contributed by atoms with E-state index in [0.29, 0.717) is 30.2 Å². The number of piperidine rings is 1. The first-order valence-electron chi connectivity index (χ1n) is 7.79. The number of sulfonamides is 1. The van der Waals surface area contributed by atoms with Crippen LogP contribution in [0.5, 0.6) is 0 Å². The number of aromatic nitrogens is 2. The van der Waals surface area contributed by atoms with Gasteiger partial charge in [-0.1, -0.05) is 11.6 Å². The Morgan fingerprint density at radius 1 is 1.28 bits per heavy atom. The summed E-state index contributed by atoms with van der Waals surface area (Å²) in [6.07, 6.45) is 5.52. The SMILES string of the molecule is O=C(Nc1ccc(Cl)cn1)C1CCCN(S(=O)(=O)c2cccnc2)C1. The molecule has 1 unspecified atom stereocenters. The summed E-state index contributed by atoms with van der Waals surface area (Å²) < 4.78 is 26.7. The van der Waals surface area contributed by atoms with E-state index in [1.807, 2.05) is 0 Å². The minimum atomic E-state index is -3.65. The monoisotopic (exact) mass is 380 g/mol. The number of hydrogen-bond donors (Lipinski definition) is 1. The van der Waals surface area contributed by atoms with E-state index >= 15 is 0 Å². The number of carbonyl (C=O) groups is 1. The molecule has 0 spiro atoms. The molecule has 1 atom stereocenters. The topological polar surface area (TPSA) is 92.3 Å². The highest BCUT2D eigenvalue weighted by Crippen LogP contribution is 2.24. The lowest BCUT2D eigenvalue weighted by Gasteiger charge is -2.31. The van der Waals surface area contributed by atoms with Crippen molar-refractivity contribution in [3.63, 3.8) is 0 Å². The zero-order chi connectivity index (χ0) is 17.9. The van der Waals surface area contributed by atoms with Crippen molar-refractivity contribution in [2.45, 2.75) is 17.7 Å². The molecule has 0 radical (unpaired) electrons. The number of halogens is 1. The lowest BCUT2D eigenvalue weighted by molar-refractivity contribution is -0.120. The summed E-state index contributed by atoms with van der Waals surface area (Å²) in [7, 11) is -3.65. The van der Waals surface area contributed by atoms with Gasteiger partial charge in [-0.05, 0) is 37.1 Å². The summed E-state index contributed by atoms with van der Waals surface area (Å²) in [6.45, 7) is 0.525. The third-order valence-corrected chi connectivity index (χ3v) is 6.08. The van der Waals surface area contributed by atoms with Crippen LogP contribution in [0.4, 0.5) is 5.82 Å². The number of nitrogens with one attached hydrogen (secondary N) is 1. The lowest BCUT2D eigenvalue weighted by atomic mass is 9.99. The fourth-order valence-corrected chi connectivity index (χ4v) is 4.30. The molecular weight excluding hydrogens is 364 g/mol. The number of rotatable bonds is 4. The molecule has 0 saturated carbocycles. The van der Waals surface area contributed by atoms with Crippen LogP contribution in [-0.2, 0) is 14.8 Å². The summed E-state index contributed by atoms with van der Waals surface area (Å²) in [5.41, 5.74) is 0. The first-order valence-corrected chi connectivity index (χ1v) is 9.61. The Morgan fingerprint density at radius 2 is 2.12 bits per heavy atom. The molecule has 3 heterocycles. The van der Waals surface area contributed by atoms with Crippen LogP contribution in [0.1, 0.15) is 12.8 Å². The van der Waals surface area contributed by atoms with Gasteiger partial charge >= 0.3 is 0 Å². The third kappa shape index (κ3) is 4.15. The highest BCUT2D eigenvalue weighted by atomic mass is 35.5. The van der Waals surface area contributed by atoms with Crippen LogP contribution in [0, 0.1) is 5.92 Å². The molecule has 0 aliphatic carbocycles. The average molecular weight is 381 g/mol. The molecule has 9 heteroatoms. The Kier molecular flexibility index (Phi) is 5.31. The maximum atomic E-state index is 12.7. The Bertz CT molecular complexity index is 843. The second-order valence-corrected chi connectivity index (χ2v) is 8.12. The molecule has 1 aliphatic rings. The minimum Gasteiger partial charge on any atom is -0.310 e. The first-order chi connectivity index (χ1) is 12.0. The van der Waals surface area contributed by atoms with Gasteiger partial charge in [0.15, 0.2) is 0 Å². The number of pyridine rings is 2. The van der Waals surface area contributed by atoms with Crippen molar-refractivity contribution in [3.05, 3.63) is 47.9 Å². The third-order valence-electron chi connectivity index (χ3n) is 4.01. The van der Waals surface area contributed by atoms with Crippen molar-refractivity contribution in [2.24, 2.45) is 5.92 Å². The van der Waals surface area contributed by atoms with Crippen molar-refractivity contribution < 1.29 is 13.2 Å². The second-order valence-electron chi connectivity index (χ2n) is 5.74. The normalized spacial score (nSPS) is 18.7. The quantitative estimate of drug-likeness (QED) is 0.877. The maximum Gasteiger partial charge on any atom is 0.244 e. The molecule has 1 aliphatic heterocycles. The van der Waals surface area contributed by atoms with E-state index in [2.05, 4.69) is 15.3 Å². The van der Waals surface area contributed by atoms with Crippen LogP contribution >= 0.6 is 11.6 Å². The number of carbonyl (C=O) groups excluding carboxylic acids is 1. The smallest absolute Gasteiger partial charge is 0.244 e. The van der Waals surface area contributed by atoms with Crippen LogP contribution in [-0.4, -0.2) is 41.7 Å². The summed E-state index contributed by atoms with van der Waals surface area (Å²) in [6, 6.07) is 6.31. The van der Waals surface area contributed by atoms with Gasteiger partial charge in [-0.15, -0.1) is 0 Å². The molecule has 1 amide bonds. The van der Waals surface area contributed by atoms with E-state index in [9.17, 15) is 13.2 Å². The van der Waals surface area contributed by atoms with Gasteiger partial charge in [0.25, 0.3) is 0 Å². The van der Waals surface area contributed by atoms with Gasteiger partial charge < -0.3 is 5.32 Å². The Labute approximate surface area is 151 Å². The molecule has 1 N–H and O–H groups in total. The molecule has 25 heavy (non-hydrogen) atoms. The van der Waals surface area contributed by atoms with Crippen molar-refractivity contribution in [2.75, 3.05) is 18.4 Å². The van der Waals surface area contributed by atoms with Crippen LogP contribution in [0.15, 0.2) is 47.8 Å². The molecule has 3 rings (SSSR count). The van der Waals surface area contributed by atoms with Gasteiger partial charge in [0.1, 0.15) is 10.7 Å². The van der Waals surface area contributed by atoms with E-state index in [-0.39, 0.29) is 17.3 Å². The Balaban J connectivity index is 1.70. The van der Waals surface area contributed by atoms with Gasteiger partial charge in [-0.2, -0.15) is 4.31 Å². The number of nitrogens with zero attached hydrogens (tertiary/aromatic N) is 3. The molecular formula is C16H17ClN4O3S. The van der Waals surface area contributed by atoms with Gasteiger partial charge in [0.05, 0.1) is 10.9 Å². The molecule has 7 nitrogen and oxygen atoms in total. The van der Waals surface area contributed by atoms with Gasteiger partial charge in [-0.3, -0.25) is 9.78 Å². The van der Waals surface area contributed by atoms with E-state index in [1.165, 1.54) is 29.0 Å². The maximum absolute atomic E-state index is 12.7.